The Bertz CT molecular complexity index is 739. The zero-order valence-electron chi connectivity index (χ0n) is 15.8. The van der Waals surface area contributed by atoms with E-state index in [1.54, 1.807) is 7.11 Å². The predicted octanol–water partition coefficient (Wildman–Crippen LogP) is 4.21. The van der Waals surface area contributed by atoms with Crippen molar-refractivity contribution in [1.29, 1.82) is 0 Å². The molecule has 1 unspecified atom stereocenters. The van der Waals surface area contributed by atoms with Gasteiger partial charge in [0.1, 0.15) is 11.5 Å². The van der Waals surface area contributed by atoms with Crippen molar-refractivity contribution in [2.24, 2.45) is 0 Å². The predicted molar refractivity (Wildman–Crippen MR) is 103 cm³/mol. The number of carbonyl (C=O) groups is 1. The van der Waals surface area contributed by atoms with Gasteiger partial charge in [-0.05, 0) is 47.7 Å². The second kappa shape index (κ2) is 8.26. The van der Waals surface area contributed by atoms with Gasteiger partial charge in [0, 0.05) is 19.0 Å². The summed E-state index contributed by atoms with van der Waals surface area (Å²) in [5.41, 5.74) is 2.47. The van der Waals surface area contributed by atoms with Crippen LogP contribution in [0.15, 0.2) is 48.5 Å². The molecule has 1 fully saturated rings. The molecule has 4 nitrogen and oxygen atoms in total. The molecule has 0 bridgehead atoms. The van der Waals surface area contributed by atoms with Gasteiger partial charge in [-0.25, -0.2) is 0 Å². The molecule has 26 heavy (non-hydrogen) atoms. The summed E-state index contributed by atoms with van der Waals surface area (Å²) in [5, 5.41) is 0. The summed E-state index contributed by atoms with van der Waals surface area (Å²) >= 11 is 0. The largest absolute Gasteiger partial charge is 0.497 e. The summed E-state index contributed by atoms with van der Waals surface area (Å²) in [4.78, 5) is 14.4. The summed E-state index contributed by atoms with van der Waals surface area (Å²) in [6.45, 7) is 5.92. The summed E-state index contributed by atoms with van der Waals surface area (Å²) < 4.78 is 10.9. The van der Waals surface area contributed by atoms with Gasteiger partial charge in [-0.2, -0.15) is 0 Å². The molecule has 1 aliphatic rings. The molecule has 0 saturated carbocycles. The van der Waals surface area contributed by atoms with E-state index < -0.39 is 0 Å². The van der Waals surface area contributed by atoms with E-state index in [0.717, 1.165) is 31.0 Å². The number of rotatable bonds is 6. The van der Waals surface area contributed by atoms with Crippen LogP contribution in [0.1, 0.15) is 43.2 Å². The topological polar surface area (TPSA) is 38.8 Å². The molecular weight excluding hydrogens is 326 g/mol. The summed E-state index contributed by atoms with van der Waals surface area (Å²) in [6.07, 6.45) is 0.987. The smallest absolute Gasteiger partial charge is 0.260 e. The van der Waals surface area contributed by atoms with Crippen molar-refractivity contribution in [2.45, 2.75) is 32.1 Å². The monoisotopic (exact) mass is 353 g/mol. The van der Waals surface area contributed by atoms with E-state index in [1.165, 1.54) is 11.1 Å². The Kier molecular flexibility index (Phi) is 5.82. The summed E-state index contributed by atoms with van der Waals surface area (Å²) in [5.74, 6) is 2.50. The Morgan fingerprint density at radius 3 is 2.62 bits per heavy atom. The highest BCUT2D eigenvalue weighted by molar-refractivity contribution is 5.78. The third-order valence-corrected chi connectivity index (χ3v) is 5.02. The van der Waals surface area contributed by atoms with Gasteiger partial charge in [-0.1, -0.05) is 38.1 Å². The molecule has 1 aliphatic heterocycles. The molecule has 0 aromatic heterocycles. The fraction of sp³-hybridized carbons (Fsp3) is 0.409. The first-order chi connectivity index (χ1) is 12.6. The SMILES string of the molecule is COc1ccc(C2CCN(C(=O)COc3cccc(C(C)C)c3)C2)cc1. The van der Waals surface area contributed by atoms with Crippen molar-refractivity contribution >= 4 is 5.91 Å². The van der Waals surface area contributed by atoms with Crippen LogP contribution >= 0.6 is 0 Å². The maximum atomic E-state index is 12.5. The van der Waals surface area contributed by atoms with E-state index >= 15 is 0 Å². The molecule has 2 aromatic carbocycles. The maximum Gasteiger partial charge on any atom is 0.260 e. The number of hydrogen-bond donors (Lipinski definition) is 0. The number of carbonyl (C=O) groups excluding carboxylic acids is 1. The lowest BCUT2D eigenvalue weighted by atomic mass is 9.98. The molecular formula is C22H27NO3. The minimum Gasteiger partial charge on any atom is -0.497 e. The van der Waals surface area contributed by atoms with Crippen molar-refractivity contribution in [2.75, 3.05) is 26.8 Å². The Balaban J connectivity index is 1.53. The Morgan fingerprint density at radius 1 is 1.15 bits per heavy atom. The van der Waals surface area contributed by atoms with E-state index in [2.05, 4.69) is 32.0 Å². The third kappa shape index (κ3) is 4.37. The minimum atomic E-state index is 0.0518. The maximum absolute atomic E-state index is 12.5. The number of ether oxygens (including phenoxy) is 2. The first-order valence-corrected chi connectivity index (χ1v) is 9.21. The van der Waals surface area contributed by atoms with Crippen molar-refractivity contribution in [3.8, 4) is 11.5 Å². The highest BCUT2D eigenvalue weighted by atomic mass is 16.5. The van der Waals surface area contributed by atoms with E-state index in [1.807, 2.05) is 35.2 Å². The first kappa shape index (κ1) is 18.3. The molecule has 2 aromatic rings. The van der Waals surface area contributed by atoms with Crippen molar-refractivity contribution < 1.29 is 14.3 Å². The second-order valence-corrected chi connectivity index (χ2v) is 7.11. The Labute approximate surface area is 155 Å². The van der Waals surface area contributed by atoms with Gasteiger partial charge in [-0.3, -0.25) is 4.79 Å². The normalized spacial score (nSPS) is 16.8. The summed E-state index contributed by atoms with van der Waals surface area (Å²) in [7, 11) is 1.67. The van der Waals surface area contributed by atoms with E-state index in [-0.39, 0.29) is 12.5 Å². The third-order valence-electron chi connectivity index (χ3n) is 5.02. The molecule has 3 rings (SSSR count). The van der Waals surface area contributed by atoms with Crippen LogP contribution in [-0.2, 0) is 4.79 Å². The molecule has 1 atom stereocenters. The van der Waals surface area contributed by atoms with E-state index in [9.17, 15) is 4.79 Å². The van der Waals surface area contributed by atoms with E-state index in [4.69, 9.17) is 9.47 Å². The van der Waals surface area contributed by atoms with Crippen molar-refractivity contribution in [3.63, 3.8) is 0 Å². The lowest BCUT2D eigenvalue weighted by Crippen LogP contribution is -2.32. The molecule has 4 heteroatoms. The molecule has 1 saturated heterocycles. The van der Waals surface area contributed by atoms with Crippen LogP contribution in [0.3, 0.4) is 0 Å². The van der Waals surface area contributed by atoms with Gasteiger partial charge in [0.15, 0.2) is 6.61 Å². The van der Waals surface area contributed by atoms with Crippen LogP contribution in [-0.4, -0.2) is 37.6 Å². The van der Waals surface area contributed by atoms with Gasteiger partial charge in [0.2, 0.25) is 0 Å². The van der Waals surface area contributed by atoms with Crippen molar-refractivity contribution in [1.82, 2.24) is 4.90 Å². The minimum absolute atomic E-state index is 0.0518. The highest BCUT2D eigenvalue weighted by Crippen LogP contribution is 2.28. The van der Waals surface area contributed by atoms with Crippen LogP contribution in [0.5, 0.6) is 11.5 Å². The fourth-order valence-corrected chi connectivity index (χ4v) is 3.33. The zero-order chi connectivity index (χ0) is 18.5. The quantitative estimate of drug-likeness (QED) is 0.781. The number of amides is 1. The van der Waals surface area contributed by atoms with Gasteiger partial charge < -0.3 is 14.4 Å². The first-order valence-electron chi connectivity index (χ1n) is 9.21. The lowest BCUT2D eigenvalue weighted by molar-refractivity contribution is -0.132. The van der Waals surface area contributed by atoms with Crippen LogP contribution in [0, 0.1) is 0 Å². The Hall–Kier alpha value is -2.49. The Morgan fingerprint density at radius 2 is 1.92 bits per heavy atom. The number of methoxy groups -OCH3 is 1. The molecule has 0 aliphatic carbocycles. The molecule has 0 spiro atoms. The standard InChI is InChI=1S/C22H27NO3/c1-16(2)18-5-4-6-21(13-18)26-15-22(24)23-12-11-19(14-23)17-7-9-20(25-3)10-8-17/h4-10,13,16,19H,11-12,14-15H2,1-3H3. The fourth-order valence-electron chi connectivity index (χ4n) is 3.33. The molecule has 1 amide bonds. The van der Waals surface area contributed by atoms with Gasteiger partial charge in [0.25, 0.3) is 5.91 Å². The van der Waals surface area contributed by atoms with Gasteiger partial charge >= 0.3 is 0 Å². The molecule has 0 radical (unpaired) electrons. The van der Waals surface area contributed by atoms with Gasteiger partial charge in [0.05, 0.1) is 7.11 Å². The molecule has 0 N–H and O–H groups in total. The average Bonchev–Trinajstić information content (AvgIpc) is 3.16. The highest BCUT2D eigenvalue weighted by Gasteiger charge is 2.27. The van der Waals surface area contributed by atoms with Crippen LogP contribution in [0.2, 0.25) is 0 Å². The van der Waals surface area contributed by atoms with Crippen LogP contribution in [0.4, 0.5) is 0 Å². The summed E-state index contributed by atoms with van der Waals surface area (Å²) in [6, 6.07) is 16.1. The molecule has 1 heterocycles. The number of hydrogen-bond acceptors (Lipinski definition) is 3. The molecule has 138 valence electrons. The van der Waals surface area contributed by atoms with Crippen molar-refractivity contribution in [3.05, 3.63) is 59.7 Å². The number of likely N-dealkylation sites (tertiary alicyclic amines) is 1. The van der Waals surface area contributed by atoms with Gasteiger partial charge in [-0.15, -0.1) is 0 Å². The lowest BCUT2D eigenvalue weighted by Gasteiger charge is -2.17. The average molecular weight is 353 g/mol. The van der Waals surface area contributed by atoms with Crippen LogP contribution in [0.25, 0.3) is 0 Å². The number of nitrogens with zero attached hydrogens (tertiary/aromatic N) is 1. The number of benzene rings is 2. The van der Waals surface area contributed by atoms with Crippen LogP contribution < -0.4 is 9.47 Å². The van der Waals surface area contributed by atoms with E-state index in [0.29, 0.717) is 11.8 Å². The second-order valence-electron chi connectivity index (χ2n) is 7.11. The zero-order valence-corrected chi connectivity index (χ0v) is 15.8.